The molecule has 0 aliphatic rings. The Morgan fingerprint density at radius 3 is 2.40 bits per heavy atom. The lowest BCUT2D eigenvalue weighted by Gasteiger charge is -2.17. The van der Waals surface area contributed by atoms with Gasteiger partial charge in [-0.15, -0.1) is 0 Å². The number of hydrogen-bond donors (Lipinski definition) is 1. The minimum atomic E-state index is -0.0186. The second-order valence-electron chi connectivity index (χ2n) is 5.95. The topological polar surface area (TPSA) is 41.6 Å². The van der Waals surface area contributed by atoms with Gasteiger partial charge in [0.15, 0.2) is 0 Å². The van der Waals surface area contributed by atoms with Crippen molar-refractivity contribution in [2.45, 2.75) is 20.3 Å². The lowest BCUT2D eigenvalue weighted by Crippen LogP contribution is -2.29. The van der Waals surface area contributed by atoms with Gasteiger partial charge in [0.1, 0.15) is 5.75 Å². The number of benzene rings is 2. The first-order chi connectivity index (χ1) is 12.2. The molecule has 0 aromatic heterocycles. The molecule has 1 N–H and O–H groups in total. The zero-order valence-corrected chi connectivity index (χ0v) is 15.4. The summed E-state index contributed by atoms with van der Waals surface area (Å²) < 4.78 is 5.19. The van der Waals surface area contributed by atoms with E-state index in [2.05, 4.69) is 24.1 Å². The van der Waals surface area contributed by atoms with Crippen LogP contribution in [-0.4, -0.2) is 44.1 Å². The standard InChI is InChI=1S/C21H28N2O2/c1-4-23(5-2)15-7-14-22-21(24)19-9-6-8-18(16-19)17-10-12-20(25-3)13-11-17/h6,8-13,16H,4-5,7,14-15H2,1-3H3,(H,22,24). The van der Waals surface area contributed by atoms with Crippen LogP contribution in [0.3, 0.4) is 0 Å². The van der Waals surface area contributed by atoms with Crippen molar-refractivity contribution in [2.24, 2.45) is 0 Å². The Labute approximate surface area is 150 Å². The molecular weight excluding hydrogens is 312 g/mol. The van der Waals surface area contributed by atoms with Crippen molar-refractivity contribution in [2.75, 3.05) is 33.3 Å². The van der Waals surface area contributed by atoms with Crippen LogP contribution >= 0.6 is 0 Å². The first kappa shape index (κ1) is 19.0. The number of amides is 1. The summed E-state index contributed by atoms with van der Waals surface area (Å²) in [5.41, 5.74) is 2.78. The van der Waals surface area contributed by atoms with Gasteiger partial charge >= 0.3 is 0 Å². The van der Waals surface area contributed by atoms with Gasteiger partial charge in [-0.25, -0.2) is 0 Å². The third-order valence-electron chi connectivity index (χ3n) is 4.38. The molecule has 0 aliphatic carbocycles. The number of carbonyl (C=O) groups excluding carboxylic acids is 1. The summed E-state index contributed by atoms with van der Waals surface area (Å²) in [6.07, 6.45) is 0.964. The van der Waals surface area contributed by atoms with E-state index in [0.29, 0.717) is 12.1 Å². The average Bonchev–Trinajstić information content (AvgIpc) is 2.68. The number of methoxy groups -OCH3 is 1. The maximum Gasteiger partial charge on any atom is 0.251 e. The Kier molecular flexibility index (Phi) is 7.48. The predicted octanol–water partition coefficient (Wildman–Crippen LogP) is 3.82. The highest BCUT2D eigenvalue weighted by molar-refractivity contribution is 5.95. The summed E-state index contributed by atoms with van der Waals surface area (Å²) in [5.74, 6) is 0.806. The van der Waals surface area contributed by atoms with E-state index in [-0.39, 0.29) is 5.91 Å². The number of carbonyl (C=O) groups is 1. The van der Waals surface area contributed by atoms with E-state index in [4.69, 9.17) is 4.74 Å². The third-order valence-corrected chi connectivity index (χ3v) is 4.38. The van der Waals surface area contributed by atoms with E-state index in [1.807, 2.05) is 48.5 Å². The van der Waals surface area contributed by atoms with Gasteiger partial charge in [0, 0.05) is 12.1 Å². The van der Waals surface area contributed by atoms with Gasteiger partial charge in [-0.2, -0.15) is 0 Å². The molecule has 1 amide bonds. The largest absolute Gasteiger partial charge is 0.497 e. The van der Waals surface area contributed by atoms with Gasteiger partial charge in [0.2, 0.25) is 0 Å². The summed E-state index contributed by atoms with van der Waals surface area (Å²) >= 11 is 0. The number of nitrogens with one attached hydrogen (secondary N) is 1. The molecule has 134 valence electrons. The minimum Gasteiger partial charge on any atom is -0.497 e. The van der Waals surface area contributed by atoms with Crippen LogP contribution in [0.2, 0.25) is 0 Å². The second-order valence-corrected chi connectivity index (χ2v) is 5.95. The summed E-state index contributed by atoms with van der Waals surface area (Å²) in [7, 11) is 1.65. The van der Waals surface area contributed by atoms with E-state index >= 15 is 0 Å². The zero-order valence-electron chi connectivity index (χ0n) is 15.4. The van der Waals surface area contributed by atoms with Crippen molar-refractivity contribution >= 4 is 5.91 Å². The monoisotopic (exact) mass is 340 g/mol. The molecule has 0 aliphatic heterocycles. The van der Waals surface area contributed by atoms with Crippen LogP contribution in [-0.2, 0) is 0 Å². The van der Waals surface area contributed by atoms with Crippen molar-refractivity contribution in [1.82, 2.24) is 10.2 Å². The maximum atomic E-state index is 12.4. The quantitative estimate of drug-likeness (QED) is 0.706. The Morgan fingerprint density at radius 1 is 1.04 bits per heavy atom. The Hall–Kier alpha value is -2.33. The molecule has 0 fully saturated rings. The van der Waals surface area contributed by atoms with Crippen molar-refractivity contribution < 1.29 is 9.53 Å². The molecule has 2 rings (SSSR count). The zero-order chi connectivity index (χ0) is 18.1. The fraction of sp³-hybridized carbons (Fsp3) is 0.381. The van der Waals surface area contributed by atoms with Crippen LogP contribution in [0.4, 0.5) is 0 Å². The van der Waals surface area contributed by atoms with E-state index < -0.39 is 0 Å². The average molecular weight is 340 g/mol. The van der Waals surface area contributed by atoms with Crippen LogP contribution in [0, 0.1) is 0 Å². The summed E-state index contributed by atoms with van der Waals surface area (Å²) in [4.78, 5) is 14.7. The van der Waals surface area contributed by atoms with E-state index in [0.717, 1.165) is 42.9 Å². The highest BCUT2D eigenvalue weighted by Gasteiger charge is 2.07. The van der Waals surface area contributed by atoms with Gasteiger partial charge < -0.3 is 15.0 Å². The molecule has 0 atom stereocenters. The fourth-order valence-electron chi connectivity index (χ4n) is 2.77. The first-order valence-electron chi connectivity index (χ1n) is 8.93. The smallest absolute Gasteiger partial charge is 0.251 e. The molecule has 0 heterocycles. The Bertz CT molecular complexity index is 664. The minimum absolute atomic E-state index is 0.0186. The van der Waals surface area contributed by atoms with E-state index in [9.17, 15) is 4.79 Å². The van der Waals surface area contributed by atoms with Crippen molar-refractivity contribution in [1.29, 1.82) is 0 Å². The lowest BCUT2D eigenvalue weighted by atomic mass is 10.0. The van der Waals surface area contributed by atoms with Crippen LogP contribution in [0.15, 0.2) is 48.5 Å². The first-order valence-corrected chi connectivity index (χ1v) is 8.93. The molecule has 2 aromatic rings. The molecule has 4 nitrogen and oxygen atoms in total. The molecule has 4 heteroatoms. The number of rotatable bonds is 9. The van der Waals surface area contributed by atoms with Crippen molar-refractivity contribution in [3.8, 4) is 16.9 Å². The molecule has 0 radical (unpaired) electrons. The van der Waals surface area contributed by atoms with Crippen LogP contribution in [0.25, 0.3) is 11.1 Å². The van der Waals surface area contributed by atoms with Crippen molar-refractivity contribution in [3.63, 3.8) is 0 Å². The number of nitrogens with zero attached hydrogens (tertiary/aromatic N) is 1. The van der Waals surface area contributed by atoms with E-state index in [1.165, 1.54) is 0 Å². The lowest BCUT2D eigenvalue weighted by molar-refractivity contribution is 0.0952. The molecule has 0 saturated heterocycles. The van der Waals surface area contributed by atoms with Gasteiger partial charge in [-0.3, -0.25) is 4.79 Å². The maximum absolute atomic E-state index is 12.4. The molecule has 0 saturated carbocycles. The Balaban J connectivity index is 1.94. The highest BCUT2D eigenvalue weighted by atomic mass is 16.5. The SMILES string of the molecule is CCN(CC)CCCNC(=O)c1cccc(-c2ccc(OC)cc2)c1. The van der Waals surface area contributed by atoms with Crippen LogP contribution < -0.4 is 10.1 Å². The summed E-state index contributed by atoms with van der Waals surface area (Å²) in [5, 5.41) is 3.01. The number of hydrogen-bond acceptors (Lipinski definition) is 3. The van der Waals surface area contributed by atoms with Crippen molar-refractivity contribution in [3.05, 3.63) is 54.1 Å². The molecule has 0 bridgehead atoms. The molecule has 2 aromatic carbocycles. The fourth-order valence-corrected chi connectivity index (χ4v) is 2.77. The second kappa shape index (κ2) is 9.84. The molecule has 0 spiro atoms. The van der Waals surface area contributed by atoms with Crippen LogP contribution in [0.1, 0.15) is 30.6 Å². The molecular formula is C21H28N2O2. The van der Waals surface area contributed by atoms with Gasteiger partial charge in [0.05, 0.1) is 7.11 Å². The van der Waals surface area contributed by atoms with E-state index in [1.54, 1.807) is 7.11 Å². The van der Waals surface area contributed by atoms with Gasteiger partial charge in [0.25, 0.3) is 5.91 Å². The third kappa shape index (κ3) is 5.61. The van der Waals surface area contributed by atoms with Crippen LogP contribution in [0.5, 0.6) is 5.75 Å². The van der Waals surface area contributed by atoms with Gasteiger partial charge in [-0.05, 0) is 61.4 Å². The highest BCUT2D eigenvalue weighted by Crippen LogP contribution is 2.23. The summed E-state index contributed by atoms with van der Waals surface area (Å²) in [6, 6.07) is 15.6. The normalized spacial score (nSPS) is 10.7. The number of ether oxygens (including phenoxy) is 1. The van der Waals surface area contributed by atoms with Gasteiger partial charge in [-0.1, -0.05) is 38.1 Å². The molecule has 0 unspecified atom stereocenters. The Morgan fingerprint density at radius 2 is 1.76 bits per heavy atom. The summed E-state index contributed by atoms with van der Waals surface area (Å²) in [6.45, 7) is 8.13. The molecule has 25 heavy (non-hydrogen) atoms. The predicted molar refractivity (Wildman–Crippen MR) is 103 cm³/mol.